The standard InChI is InChI=1S/C21H22N4O2/c1-13-9-14(2)19(15(3)10-13)25-21-22-11-16(12-23-21)20(26)24-17-7-5-6-8-18(17)27-4/h5-12H,1-4H3,(H,24,26)(H,22,23,25). The van der Waals surface area contributed by atoms with Gasteiger partial charge in [0.2, 0.25) is 5.95 Å². The van der Waals surface area contributed by atoms with Crippen LogP contribution in [-0.2, 0) is 0 Å². The van der Waals surface area contributed by atoms with Crippen molar-refractivity contribution < 1.29 is 9.53 Å². The SMILES string of the molecule is COc1ccccc1NC(=O)c1cnc(Nc2c(C)cc(C)cc2C)nc1. The van der Waals surface area contributed by atoms with Gasteiger partial charge in [0.15, 0.2) is 0 Å². The highest BCUT2D eigenvalue weighted by atomic mass is 16.5. The van der Waals surface area contributed by atoms with Gasteiger partial charge in [-0.1, -0.05) is 29.8 Å². The molecule has 0 unspecified atom stereocenters. The van der Waals surface area contributed by atoms with E-state index in [-0.39, 0.29) is 5.91 Å². The summed E-state index contributed by atoms with van der Waals surface area (Å²) >= 11 is 0. The number of nitrogens with zero attached hydrogens (tertiary/aromatic N) is 2. The molecule has 1 heterocycles. The van der Waals surface area contributed by atoms with E-state index in [1.165, 1.54) is 18.0 Å². The van der Waals surface area contributed by atoms with E-state index in [2.05, 4.69) is 39.7 Å². The van der Waals surface area contributed by atoms with E-state index in [4.69, 9.17) is 4.74 Å². The lowest BCUT2D eigenvalue weighted by Gasteiger charge is -2.13. The van der Waals surface area contributed by atoms with Gasteiger partial charge in [-0.2, -0.15) is 0 Å². The van der Waals surface area contributed by atoms with Crippen molar-refractivity contribution in [3.63, 3.8) is 0 Å². The third kappa shape index (κ3) is 4.23. The Labute approximate surface area is 158 Å². The number of anilines is 3. The van der Waals surface area contributed by atoms with E-state index >= 15 is 0 Å². The van der Waals surface area contributed by atoms with E-state index in [1.807, 2.05) is 26.0 Å². The van der Waals surface area contributed by atoms with Crippen molar-refractivity contribution in [1.82, 2.24) is 9.97 Å². The van der Waals surface area contributed by atoms with Crippen molar-refractivity contribution in [3.05, 3.63) is 71.0 Å². The van der Waals surface area contributed by atoms with E-state index in [9.17, 15) is 4.79 Å². The molecule has 6 heteroatoms. The second kappa shape index (κ2) is 7.86. The number of hydrogen-bond donors (Lipinski definition) is 2. The number of aryl methyl sites for hydroxylation is 3. The summed E-state index contributed by atoms with van der Waals surface area (Å²) < 4.78 is 5.24. The minimum Gasteiger partial charge on any atom is -0.495 e. The summed E-state index contributed by atoms with van der Waals surface area (Å²) in [4.78, 5) is 21.0. The molecule has 138 valence electrons. The molecule has 0 atom stereocenters. The first kappa shape index (κ1) is 18.4. The number of rotatable bonds is 5. The third-order valence-electron chi connectivity index (χ3n) is 4.18. The van der Waals surface area contributed by atoms with Gasteiger partial charge in [-0.25, -0.2) is 9.97 Å². The summed E-state index contributed by atoms with van der Waals surface area (Å²) in [5.74, 6) is 0.739. The zero-order chi connectivity index (χ0) is 19.4. The molecular formula is C21H22N4O2. The molecule has 1 aromatic heterocycles. The van der Waals surface area contributed by atoms with Gasteiger partial charge in [-0.05, 0) is 44.0 Å². The lowest BCUT2D eigenvalue weighted by molar-refractivity contribution is 0.102. The fraction of sp³-hybridized carbons (Fsp3) is 0.190. The minimum atomic E-state index is -0.297. The normalized spacial score (nSPS) is 10.4. The largest absolute Gasteiger partial charge is 0.495 e. The molecule has 0 bridgehead atoms. The number of nitrogens with one attached hydrogen (secondary N) is 2. The molecule has 0 aliphatic rings. The number of para-hydroxylation sites is 2. The fourth-order valence-corrected chi connectivity index (χ4v) is 2.94. The van der Waals surface area contributed by atoms with E-state index in [0.29, 0.717) is 22.9 Å². The quantitative estimate of drug-likeness (QED) is 0.703. The van der Waals surface area contributed by atoms with Crippen LogP contribution in [0.5, 0.6) is 5.75 Å². The molecule has 0 spiro atoms. The van der Waals surface area contributed by atoms with Crippen LogP contribution in [0.2, 0.25) is 0 Å². The molecule has 6 nitrogen and oxygen atoms in total. The van der Waals surface area contributed by atoms with Crippen LogP contribution < -0.4 is 15.4 Å². The predicted octanol–water partition coefficient (Wildman–Crippen LogP) is 4.41. The molecule has 3 rings (SSSR count). The van der Waals surface area contributed by atoms with Crippen molar-refractivity contribution in [3.8, 4) is 5.75 Å². The molecule has 2 N–H and O–H groups in total. The highest BCUT2D eigenvalue weighted by molar-refractivity contribution is 6.04. The van der Waals surface area contributed by atoms with Crippen LogP contribution in [-0.4, -0.2) is 23.0 Å². The Morgan fingerprint density at radius 2 is 1.63 bits per heavy atom. The van der Waals surface area contributed by atoms with Gasteiger partial charge in [0.25, 0.3) is 5.91 Å². The average Bonchev–Trinajstić information content (AvgIpc) is 2.65. The van der Waals surface area contributed by atoms with Gasteiger partial charge >= 0.3 is 0 Å². The van der Waals surface area contributed by atoms with Gasteiger partial charge in [0.1, 0.15) is 5.75 Å². The maximum absolute atomic E-state index is 12.4. The van der Waals surface area contributed by atoms with Crippen LogP contribution in [0.1, 0.15) is 27.0 Å². The number of hydrogen-bond acceptors (Lipinski definition) is 5. The maximum Gasteiger partial charge on any atom is 0.258 e. The lowest BCUT2D eigenvalue weighted by atomic mass is 10.1. The van der Waals surface area contributed by atoms with Gasteiger partial charge in [0, 0.05) is 18.1 Å². The number of benzene rings is 2. The Bertz CT molecular complexity index is 945. The summed E-state index contributed by atoms with van der Waals surface area (Å²) in [7, 11) is 1.56. The van der Waals surface area contributed by atoms with Crippen molar-refractivity contribution >= 4 is 23.2 Å². The van der Waals surface area contributed by atoms with Gasteiger partial charge in [0.05, 0.1) is 18.4 Å². The summed E-state index contributed by atoms with van der Waals surface area (Å²) in [5.41, 5.74) is 5.39. The second-order valence-electron chi connectivity index (χ2n) is 6.35. The summed E-state index contributed by atoms with van der Waals surface area (Å²) in [6, 6.07) is 11.4. The van der Waals surface area contributed by atoms with Gasteiger partial charge < -0.3 is 15.4 Å². The highest BCUT2D eigenvalue weighted by Crippen LogP contribution is 2.25. The van der Waals surface area contributed by atoms with Crippen LogP contribution in [0.4, 0.5) is 17.3 Å². The number of methoxy groups -OCH3 is 1. The molecular weight excluding hydrogens is 340 g/mol. The minimum absolute atomic E-state index is 0.297. The Balaban J connectivity index is 1.75. The summed E-state index contributed by atoms with van der Waals surface area (Å²) in [6.07, 6.45) is 3.00. The topological polar surface area (TPSA) is 76.1 Å². The Kier molecular flexibility index (Phi) is 5.35. The fourth-order valence-electron chi connectivity index (χ4n) is 2.94. The number of aromatic nitrogens is 2. The Morgan fingerprint density at radius 3 is 2.26 bits per heavy atom. The molecule has 0 aliphatic carbocycles. The molecule has 1 amide bonds. The number of ether oxygens (including phenoxy) is 1. The Morgan fingerprint density at radius 1 is 1.00 bits per heavy atom. The maximum atomic E-state index is 12.4. The first-order chi connectivity index (χ1) is 13.0. The average molecular weight is 362 g/mol. The predicted molar refractivity (Wildman–Crippen MR) is 107 cm³/mol. The van der Waals surface area contributed by atoms with Crippen LogP contribution in [0.25, 0.3) is 0 Å². The number of carbonyl (C=O) groups is 1. The van der Waals surface area contributed by atoms with Gasteiger partial charge in [-0.15, -0.1) is 0 Å². The molecule has 3 aromatic rings. The highest BCUT2D eigenvalue weighted by Gasteiger charge is 2.11. The summed E-state index contributed by atoms with van der Waals surface area (Å²) in [6.45, 7) is 6.14. The zero-order valence-corrected chi connectivity index (χ0v) is 15.8. The van der Waals surface area contributed by atoms with Crippen LogP contribution in [0.15, 0.2) is 48.8 Å². The van der Waals surface area contributed by atoms with Crippen molar-refractivity contribution in [2.24, 2.45) is 0 Å². The zero-order valence-electron chi connectivity index (χ0n) is 15.8. The van der Waals surface area contributed by atoms with E-state index < -0.39 is 0 Å². The first-order valence-corrected chi connectivity index (χ1v) is 8.59. The van der Waals surface area contributed by atoms with Crippen LogP contribution in [0.3, 0.4) is 0 Å². The monoisotopic (exact) mass is 362 g/mol. The third-order valence-corrected chi connectivity index (χ3v) is 4.18. The van der Waals surface area contributed by atoms with Crippen molar-refractivity contribution in [1.29, 1.82) is 0 Å². The van der Waals surface area contributed by atoms with Crippen LogP contribution >= 0.6 is 0 Å². The molecule has 0 saturated heterocycles. The van der Waals surface area contributed by atoms with E-state index in [1.54, 1.807) is 19.2 Å². The molecule has 0 aliphatic heterocycles. The molecule has 27 heavy (non-hydrogen) atoms. The smallest absolute Gasteiger partial charge is 0.258 e. The second-order valence-corrected chi connectivity index (χ2v) is 6.35. The lowest BCUT2D eigenvalue weighted by Crippen LogP contribution is -2.13. The van der Waals surface area contributed by atoms with Crippen molar-refractivity contribution in [2.75, 3.05) is 17.7 Å². The van der Waals surface area contributed by atoms with Crippen molar-refractivity contribution in [2.45, 2.75) is 20.8 Å². The number of amides is 1. The molecule has 0 saturated carbocycles. The Hall–Kier alpha value is -3.41. The molecule has 0 fully saturated rings. The van der Waals surface area contributed by atoms with Gasteiger partial charge in [-0.3, -0.25) is 4.79 Å². The number of carbonyl (C=O) groups excluding carboxylic acids is 1. The molecule has 0 radical (unpaired) electrons. The van der Waals surface area contributed by atoms with E-state index in [0.717, 1.165) is 16.8 Å². The molecule has 2 aromatic carbocycles. The summed E-state index contributed by atoms with van der Waals surface area (Å²) in [5, 5.41) is 6.03. The first-order valence-electron chi connectivity index (χ1n) is 8.59. The van der Waals surface area contributed by atoms with Crippen LogP contribution in [0, 0.1) is 20.8 Å².